The molecule has 0 radical (unpaired) electrons. The Balaban J connectivity index is 2.26. The van der Waals surface area contributed by atoms with Crippen molar-refractivity contribution in [1.29, 1.82) is 0 Å². The number of rotatable bonds is 3. The molecule has 0 aliphatic heterocycles. The molecule has 18 heavy (non-hydrogen) atoms. The molecule has 1 aromatic heterocycles. The molecule has 0 aliphatic rings. The summed E-state index contributed by atoms with van der Waals surface area (Å²) in [4.78, 5) is 10.9. The highest BCUT2D eigenvalue weighted by Gasteiger charge is 2.14. The Morgan fingerprint density at radius 1 is 1.28 bits per heavy atom. The Morgan fingerprint density at radius 2 is 2.00 bits per heavy atom. The van der Waals surface area contributed by atoms with E-state index in [2.05, 4.69) is 0 Å². The Kier molecular flexibility index (Phi) is 3.72. The second-order valence-corrected chi connectivity index (χ2v) is 4.34. The maximum absolute atomic E-state index is 10.9. The predicted octanol–water partition coefficient (Wildman–Crippen LogP) is 4.22. The van der Waals surface area contributed by atoms with Crippen LogP contribution >= 0.6 is 11.6 Å². The maximum atomic E-state index is 10.9. The summed E-state index contributed by atoms with van der Waals surface area (Å²) in [5, 5.41) is 0.624. The minimum Gasteiger partial charge on any atom is -0.457 e. The van der Waals surface area contributed by atoms with Gasteiger partial charge in [0.05, 0.1) is 5.02 Å². The van der Waals surface area contributed by atoms with Crippen LogP contribution in [0, 0.1) is 0 Å². The van der Waals surface area contributed by atoms with Crippen molar-refractivity contribution in [2.45, 2.75) is 20.0 Å². The van der Waals surface area contributed by atoms with Gasteiger partial charge in [0.25, 0.3) is 0 Å². The number of hydrogen-bond donors (Lipinski definition) is 0. The van der Waals surface area contributed by atoms with Crippen molar-refractivity contribution in [3.63, 3.8) is 0 Å². The van der Waals surface area contributed by atoms with Gasteiger partial charge in [0.15, 0.2) is 6.10 Å². The van der Waals surface area contributed by atoms with E-state index in [1.165, 1.54) is 6.92 Å². The molecule has 0 unspecified atom stereocenters. The van der Waals surface area contributed by atoms with Crippen molar-refractivity contribution in [2.24, 2.45) is 0 Å². The zero-order valence-corrected chi connectivity index (χ0v) is 10.9. The van der Waals surface area contributed by atoms with Gasteiger partial charge in [-0.3, -0.25) is 4.79 Å². The van der Waals surface area contributed by atoms with Crippen LogP contribution in [-0.2, 0) is 9.53 Å². The molecule has 1 aromatic carbocycles. The van der Waals surface area contributed by atoms with E-state index < -0.39 is 6.10 Å². The quantitative estimate of drug-likeness (QED) is 0.779. The number of benzene rings is 1. The van der Waals surface area contributed by atoms with Crippen LogP contribution in [0.25, 0.3) is 11.3 Å². The molecule has 0 N–H and O–H groups in total. The first-order valence-electron chi connectivity index (χ1n) is 5.60. The molecule has 1 heterocycles. The zero-order chi connectivity index (χ0) is 13.1. The van der Waals surface area contributed by atoms with Crippen molar-refractivity contribution >= 4 is 17.6 Å². The lowest BCUT2D eigenvalue weighted by Gasteiger charge is -2.08. The summed E-state index contributed by atoms with van der Waals surface area (Å²) >= 11 is 6.09. The maximum Gasteiger partial charge on any atom is 0.303 e. The fraction of sp³-hybridized carbons (Fsp3) is 0.214. The third-order valence-corrected chi connectivity index (χ3v) is 2.84. The second kappa shape index (κ2) is 5.27. The van der Waals surface area contributed by atoms with Crippen molar-refractivity contribution in [3.05, 3.63) is 47.2 Å². The van der Waals surface area contributed by atoms with Gasteiger partial charge < -0.3 is 9.15 Å². The number of carbonyl (C=O) groups excluding carboxylic acids is 1. The summed E-state index contributed by atoms with van der Waals surface area (Å²) in [6.45, 7) is 3.13. The smallest absolute Gasteiger partial charge is 0.303 e. The monoisotopic (exact) mass is 264 g/mol. The van der Waals surface area contributed by atoms with Gasteiger partial charge in [0.1, 0.15) is 11.5 Å². The molecule has 0 saturated carbocycles. The van der Waals surface area contributed by atoms with Crippen molar-refractivity contribution in [3.8, 4) is 11.3 Å². The number of furan rings is 1. The first-order chi connectivity index (χ1) is 8.58. The molecule has 0 spiro atoms. The van der Waals surface area contributed by atoms with Crippen LogP contribution < -0.4 is 0 Å². The molecule has 0 aliphatic carbocycles. The number of hydrogen-bond acceptors (Lipinski definition) is 3. The number of carbonyl (C=O) groups is 1. The van der Waals surface area contributed by atoms with Gasteiger partial charge in [0, 0.05) is 12.5 Å². The average molecular weight is 265 g/mol. The van der Waals surface area contributed by atoms with Crippen LogP contribution in [0.1, 0.15) is 25.7 Å². The standard InChI is InChI=1S/C14H13ClO3/c1-9(17-10(2)16)13-7-8-14(18-13)11-5-3-4-6-12(11)15/h3-9H,1-2H3/t9-/m1/s1. The molecule has 0 fully saturated rings. The van der Waals surface area contributed by atoms with E-state index >= 15 is 0 Å². The third kappa shape index (κ3) is 2.74. The molecule has 94 valence electrons. The van der Waals surface area contributed by atoms with E-state index in [0.29, 0.717) is 16.5 Å². The first-order valence-corrected chi connectivity index (χ1v) is 5.97. The fourth-order valence-corrected chi connectivity index (χ4v) is 1.91. The third-order valence-electron chi connectivity index (χ3n) is 2.51. The van der Waals surface area contributed by atoms with Crippen LogP contribution in [0.5, 0.6) is 0 Å². The van der Waals surface area contributed by atoms with Gasteiger partial charge in [-0.25, -0.2) is 0 Å². The molecule has 0 amide bonds. The Labute approximate surface area is 110 Å². The number of esters is 1. The summed E-state index contributed by atoms with van der Waals surface area (Å²) in [5.41, 5.74) is 0.820. The van der Waals surface area contributed by atoms with Gasteiger partial charge in [-0.1, -0.05) is 23.7 Å². The van der Waals surface area contributed by atoms with Gasteiger partial charge in [-0.15, -0.1) is 0 Å². The van der Waals surface area contributed by atoms with Gasteiger partial charge in [0.2, 0.25) is 0 Å². The molecule has 0 bridgehead atoms. The molecule has 1 atom stereocenters. The molecular formula is C14H13ClO3. The van der Waals surface area contributed by atoms with E-state index in [-0.39, 0.29) is 5.97 Å². The summed E-state index contributed by atoms with van der Waals surface area (Å²) in [6.07, 6.45) is -0.404. The Hall–Kier alpha value is -1.74. The molecular weight excluding hydrogens is 252 g/mol. The lowest BCUT2D eigenvalue weighted by molar-refractivity contribution is -0.146. The molecule has 2 aromatic rings. The van der Waals surface area contributed by atoms with Crippen molar-refractivity contribution in [2.75, 3.05) is 0 Å². The number of ether oxygens (including phenoxy) is 1. The zero-order valence-electron chi connectivity index (χ0n) is 10.1. The van der Waals surface area contributed by atoms with Crippen molar-refractivity contribution in [1.82, 2.24) is 0 Å². The van der Waals surface area contributed by atoms with E-state index in [4.69, 9.17) is 20.8 Å². The summed E-state index contributed by atoms with van der Waals surface area (Å²) in [6, 6.07) is 11.0. The topological polar surface area (TPSA) is 39.4 Å². The van der Waals surface area contributed by atoms with E-state index in [1.54, 1.807) is 19.1 Å². The van der Waals surface area contributed by atoms with Crippen LogP contribution in [-0.4, -0.2) is 5.97 Å². The van der Waals surface area contributed by atoms with Crippen LogP contribution in [0.15, 0.2) is 40.8 Å². The summed E-state index contributed by atoms with van der Waals surface area (Å²) < 4.78 is 10.7. The minimum atomic E-state index is -0.404. The summed E-state index contributed by atoms with van der Waals surface area (Å²) in [7, 11) is 0. The largest absolute Gasteiger partial charge is 0.457 e. The second-order valence-electron chi connectivity index (χ2n) is 3.93. The van der Waals surface area contributed by atoms with E-state index in [0.717, 1.165) is 5.56 Å². The highest BCUT2D eigenvalue weighted by Crippen LogP contribution is 2.31. The highest BCUT2D eigenvalue weighted by molar-refractivity contribution is 6.33. The Morgan fingerprint density at radius 3 is 2.67 bits per heavy atom. The van der Waals surface area contributed by atoms with Crippen LogP contribution in [0.2, 0.25) is 5.02 Å². The normalized spacial score (nSPS) is 12.2. The van der Waals surface area contributed by atoms with Crippen molar-refractivity contribution < 1.29 is 13.9 Å². The summed E-state index contributed by atoms with van der Waals surface area (Å²) in [5.74, 6) is 0.924. The fourth-order valence-electron chi connectivity index (χ4n) is 1.68. The average Bonchev–Trinajstić information content (AvgIpc) is 2.78. The molecule has 3 nitrogen and oxygen atoms in total. The minimum absolute atomic E-state index is 0.335. The first kappa shape index (κ1) is 12.7. The van der Waals surface area contributed by atoms with Gasteiger partial charge >= 0.3 is 5.97 Å². The molecule has 4 heteroatoms. The lowest BCUT2D eigenvalue weighted by Crippen LogP contribution is -2.03. The Bertz CT molecular complexity index is 560. The predicted molar refractivity (Wildman–Crippen MR) is 69.3 cm³/mol. The van der Waals surface area contributed by atoms with Gasteiger partial charge in [-0.2, -0.15) is 0 Å². The number of halogens is 1. The van der Waals surface area contributed by atoms with E-state index in [9.17, 15) is 4.79 Å². The highest BCUT2D eigenvalue weighted by atomic mass is 35.5. The SMILES string of the molecule is CC(=O)O[C@H](C)c1ccc(-c2ccccc2Cl)o1. The van der Waals surface area contributed by atoms with Gasteiger partial charge in [-0.05, 0) is 31.2 Å². The van der Waals surface area contributed by atoms with Crippen LogP contribution in [0.4, 0.5) is 0 Å². The van der Waals surface area contributed by atoms with Crippen LogP contribution in [0.3, 0.4) is 0 Å². The molecule has 2 rings (SSSR count). The van der Waals surface area contributed by atoms with E-state index in [1.807, 2.05) is 24.3 Å². The molecule has 0 saturated heterocycles. The lowest BCUT2D eigenvalue weighted by atomic mass is 10.2.